The largest absolute Gasteiger partial charge is 0.481 e. The number of methoxy groups -OCH3 is 2. The Hall–Kier alpha value is -1.97. The smallest absolute Gasteiger partial charge is 0.313 e. The molecule has 0 saturated carbocycles. The van der Waals surface area contributed by atoms with Gasteiger partial charge in [-0.15, -0.1) is 0 Å². The molecule has 1 saturated heterocycles. The molecule has 9 nitrogen and oxygen atoms in total. The van der Waals surface area contributed by atoms with E-state index in [1.54, 1.807) is 6.92 Å². The monoisotopic (exact) mass is 482 g/mol. The third-order valence-corrected chi connectivity index (χ3v) is 4.64. The Morgan fingerprint density at radius 1 is 1.00 bits per heavy atom. The summed E-state index contributed by atoms with van der Waals surface area (Å²) in [5.74, 6) is -1.78. The number of ether oxygens (including phenoxy) is 3. The molecule has 0 aromatic heterocycles. The molecule has 1 aliphatic heterocycles. The molecule has 1 aliphatic rings. The molecule has 29 heavy (non-hydrogen) atoms. The molecule has 1 N–H and O–H groups in total. The van der Waals surface area contributed by atoms with Crippen molar-refractivity contribution in [1.82, 2.24) is 0 Å². The molecule has 0 aromatic rings. The Kier molecular flexibility index (Phi) is 17.1. The first-order valence-electron chi connectivity index (χ1n) is 9.09. The van der Waals surface area contributed by atoms with Gasteiger partial charge in [0, 0.05) is 37.4 Å². The van der Waals surface area contributed by atoms with Crippen LogP contribution < -0.4 is 0 Å². The molecular formula is C19H31BrO9. The molecule has 1 rings (SSSR count). The van der Waals surface area contributed by atoms with E-state index in [1.807, 2.05) is 13.8 Å². The fraction of sp³-hybridized carbons (Fsp3) is 0.737. The molecule has 10 heteroatoms. The van der Waals surface area contributed by atoms with Crippen molar-refractivity contribution in [2.24, 2.45) is 17.8 Å². The maximum atomic E-state index is 10.6. The van der Waals surface area contributed by atoms with Gasteiger partial charge >= 0.3 is 29.8 Å². The van der Waals surface area contributed by atoms with Gasteiger partial charge in [-0.1, -0.05) is 36.7 Å². The number of carbonyl (C=O) groups excluding carboxylic acids is 4. The van der Waals surface area contributed by atoms with Crippen LogP contribution in [0.1, 0.15) is 52.9 Å². The Balaban J connectivity index is 0. The van der Waals surface area contributed by atoms with Crippen molar-refractivity contribution in [2.45, 2.75) is 52.9 Å². The van der Waals surface area contributed by atoms with Crippen LogP contribution in [0.2, 0.25) is 0 Å². The zero-order chi connectivity index (χ0) is 23.0. The number of alkyl halides is 1. The Morgan fingerprint density at radius 3 is 1.72 bits per heavy atom. The lowest BCUT2D eigenvalue weighted by molar-refractivity contribution is -0.165. The third kappa shape index (κ3) is 19.1. The average molecular weight is 483 g/mol. The highest BCUT2D eigenvalue weighted by Gasteiger charge is 2.23. The number of hydrogen-bond acceptors (Lipinski definition) is 8. The van der Waals surface area contributed by atoms with E-state index < -0.39 is 17.9 Å². The standard InChI is InChI=1S/C7H12O4.C6H11BrO2.C6H8O3/c1-5(3-6(8)9)4-7(10)11-2;1-5(4-7)3-6(8)9-2;1-4-2-5(7)9-6(8)3-4/h5H,3-4H2,1-2H3,(H,8,9);5H,3-4H2,1-2H3;4H,2-3H2,1H3. The fourth-order valence-electron chi connectivity index (χ4n) is 2.01. The van der Waals surface area contributed by atoms with Crippen molar-refractivity contribution in [1.29, 1.82) is 0 Å². The number of carbonyl (C=O) groups is 5. The Bertz CT molecular complexity index is 532. The fourth-order valence-corrected chi connectivity index (χ4v) is 2.24. The summed E-state index contributed by atoms with van der Waals surface area (Å²) in [6, 6.07) is 0. The zero-order valence-corrected chi connectivity index (χ0v) is 19.2. The van der Waals surface area contributed by atoms with Crippen LogP contribution in [0.4, 0.5) is 0 Å². The molecule has 1 heterocycles. The van der Waals surface area contributed by atoms with Crippen LogP contribution in [0, 0.1) is 17.8 Å². The van der Waals surface area contributed by atoms with Gasteiger partial charge in [-0.2, -0.15) is 0 Å². The first kappa shape index (κ1) is 29.2. The van der Waals surface area contributed by atoms with E-state index in [1.165, 1.54) is 14.2 Å². The molecule has 0 aliphatic carbocycles. The van der Waals surface area contributed by atoms with Crippen LogP contribution in [-0.4, -0.2) is 54.5 Å². The van der Waals surface area contributed by atoms with Crippen LogP contribution >= 0.6 is 15.9 Å². The minimum atomic E-state index is -0.888. The van der Waals surface area contributed by atoms with Crippen molar-refractivity contribution in [2.75, 3.05) is 19.5 Å². The molecule has 2 unspecified atom stereocenters. The van der Waals surface area contributed by atoms with Crippen LogP contribution in [0.3, 0.4) is 0 Å². The molecule has 2 atom stereocenters. The van der Waals surface area contributed by atoms with Gasteiger partial charge in [-0.25, -0.2) is 0 Å². The van der Waals surface area contributed by atoms with E-state index in [0.717, 1.165) is 5.33 Å². The van der Waals surface area contributed by atoms with Gasteiger partial charge in [0.2, 0.25) is 0 Å². The Labute approximate surface area is 179 Å². The summed E-state index contributed by atoms with van der Waals surface area (Å²) >= 11 is 3.26. The van der Waals surface area contributed by atoms with Crippen molar-refractivity contribution >= 4 is 45.8 Å². The van der Waals surface area contributed by atoms with Gasteiger partial charge in [0.05, 0.1) is 14.2 Å². The molecular weight excluding hydrogens is 452 g/mol. The normalized spacial score (nSPS) is 15.4. The van der Waals surface area contributed by atoms with Gasteiger partial charge in [0.25, 0.3) is 0 Å². The molecule has 168 valence electrons. The van der Waals surface area contributed by atoms with Gasteiger partial charge in [-0.3, -0.25) is 24.0 Å². The maximum Gasteiger partial charge on any atom is 0.313 e. The number of aliphatic carboxylic acids is 1. The number of hydrogen-bond donors (Lipinski definition) is 1. The predicted octanol–water partition coefficient (Wildman–Crippen LogP) is 2.73. The van der Waals surface area contributed by atoms with Crippen molar-refractivity contribution in [3.8, 4) is 0 Å². The predicted molar refractivity (Wildman–Crippen MR) is 107 cm³/mol. The second-order valence-electron chi connectivity index (χ2n) is 6.88. The second kappa shape index (κ2) is 16.9. The van der Waals surface area contributed by atoms with Crippen molar-refractivity contribution < 1.29 is 43.3 Å². The van der Waals surface area contributed by atoms with E-state index in [4.69, 9.17) is 5.11 Å². The molecule has 0 aromatic carbocycles. The molecule has 0 amide bonds. The third-order valence-electron chi connectivity index (χ3n) is 3.53. The number of esters is 4. The van der Waals surface area contributed by atoms with Crippen molar-refractivity contribution in [3.63, 3.8) is 0 Å². The SMILES string of the molecule is CC1CC(=O)OC(=O)C1.COC(=O)CC(C)CBr.COC(=O)CC(C)CC(=O)O. The van der Waals surface area contributed by atoms with Crippen LogP contribution in [0.5, 0.6) is 0 Å². The highest BCUT2D eigenvalue weighted by molar-refractivity contribution is 9.09. The topological polar surface area (TPSA) is 133 Å². The molecule has 0 bridgehead atoms. The number of halogens is 1. The van der Waals surface area contributed by atoms with E-state index in [-0.39, 0.29) is 36.6 Å². The van der Waals surface area contributed by atoms with Gasteiger partial charge in [-0.05, 0) is 17.8 Å². The summed E-state index contributed by atoms with van der Waals surface area (Å²) in [6.45, 7) is 5.55. The van der Waals surface area contributed by atoms with Crippen molar-refractivity contribution in [3.05, 3.63) is 0 Å². The summed E-state index contributed by atoms with van der Waals surface area (Å²) < 4.78 is 13.1. The number of carboxylic acids is 1. The number of carboxylic acid groups (broad SMARTS) is 1. The lowest BCUT2D eigenvalue weighted by Gasteiger charge is -2.14. The lowest BCUT2D eigenvalue weighted by Crippen LogP contribution is -2.23. The zero-order valence-electron chi connectivity index (χ0n) is 17.6. The molecule has 0 radical (unpaired) electrons. The second-order valence-corrected chi connectivity index (χ2v) is 7.53. The van der Waals surface area contributed by atoms with E-state index in [0.29, 0.717) is 25.2 Å². The van der Waals surface area contributed by atoms with Gasteiger partial charge in [0.1, 0.15) is 0 Å². The lowest BCUT2D eigenvalue weighted by atomic mass is 10.0. The van der Waals surface area contributed by atoms with E-state index in [2.05, 4.69) is 30.1 Å². The minimum absolute atomic E-state index is 0.00903. The average Bonchev–Trinajstić information content (AvgIpc) is 2.60. The van der Waals surface area contributed by atoms with Crippen LogP contribution in [0.25, 0.3) is 0 Å². The number of cyclic esters (lactones) is 2. The van der Waals surface area contributed by atoms with Gasteiger partial charge < -0.3 is 19.3 Å². The Morgan fingerprint density at radius 2 is 1.41 bits per heavy atom. The summed E-state index contributed by atoms with van der Waals surface area (Å²) in [5.41, 5.74) is 0. The van der Waals surface area contributed by atoms with Gasteiger partial charge in [0.15, 0.2) is 0 Å². The van der Waals surface area contributed by atoms with E-state index >= 15 is 0 Å². The van der Waals surface area contributed by atoms with Crippen LogP contribution in [0.15, 0.2) is 0 Å². The molecule has 1 fully saturated rings. The number of rotatable bonds is 7. The first-order chi connectivity index (χ1) is 13.4. The van der Waals surface area contributed by atoms with E-state index in [9.17, 15) is 24.0 Å². The maximum absolute atomic E-state index is 10.6. The summed E-state index contributed by atoms with van der Waals surface area (Å²) in [5, 5.41) is 9.17. The first-order valence-corrected chi connectivity index (χ1v) is 10.2. The summed E-state index contributed by atoms with van der Waals surface area (Å²) in [4.78, 5) is 52.1. The quantitative estimate of drug-likeness (QED) is 0.251. The molecule has 0 spiro atoms. The highest BCUT2D eigenvalue weighted by atomic mass is 79.9. The summed E-state index contributed by atoms with van der Waals surface area (Å²) in [6.07, 6.45) is 1.44. The highest BCUT2D eigenvalue weighted by Crippen LogP contribution is 2.14. The summed E-state index contributed by atoms with van der Waals surface area (Å²) in [7, 11) is 2.69. The van der Waals surface area contributed by atoms with Crippen LogP contribution in [-0.2, 0) is 38.2 Å². The minimum Gasteiger partial charge on any atom is -0.481 e.